The number of nitrogens with one attached hydrogen (secondary N) is 1. The van der Waals surface area contributed by atoms with E-state index in [1.807, 2.05) is 24.3 Å². The first kappa shape index (κ1) is 11.7. The molecule has 0 unspecified atom stereocenters. The Bertz CT molecular complexity index is 672. The molecule has 96 valence electrons. The molecular formula is C15H14N2O2. The number of benzene rings is 2. The third-order valence-corrected chi connectivity index (χ3v) is 3.03. The lowest BCUT2D eigenvalue weighted by molar-refractivity contribution is -0.141. The van der Waals surface area contributed by atoms with Gasteiger partial charge in [0.05, 0.1) is 12.3 Å². The van der Waals surface area contributed by atoms with Crippen LogP contribution in [0.4, 0.5) is 11.4 Å². The molecule has 4 heteroatoms. The molecule has 1 N–H and O–H groups in total. The summed E-state index contributed by atoms with van der Waals surface area (Å²) in [5.41, 5.74) is 1.88. The third-order valence-electron chi connectivity index (χ3n) is 3.03. The van der Waals surface area contributed by atoms with E-state index in [0.717, 1.165) is 22.1 Å². The molecule has 2 aromatic rings. The Labute approximate surface area is 111 Å². The average Bonchev–Trinajstić information content (AvgIpc) is 2.39. The molecule has 0 spiro atoms. The Morgan fingerprint density at radius 3 is 2.84 bits per heavy atom. The number of nitrogens with zero attached hydrogens (tertiary/aromatic N) is 1. The molecule has 0 aromatic heterocycles. The minimum Gasteiger partial charge on any atom is -0.466 e. The summed E-state index contributed by atoms with van der Waals surface area (Å²) >= 11 is 0. The van der Waals surface area contributed by atoms with Crippen LogP contribution in [0.5, 0.6) is 0 Å². The van der Waals surface area contributed by atoms with Crippen LogP contribution in [0.15, 0.2) is 41.4 Å². The van der Waals surface area contributed by atoms with E-state index in [4.69, 9.17) is 4.74 Å². The van der Waals surface area contributed by atoms with Crippen molar-refractivity contribution in [3.05, 3.63) is 36.4 Å². The van der Waals surface area contributed by atoms with Gasteiger partial charge in [-0.3, -0.25) is 4.79 Å². The van der Waals surface area contributed by atoms with E-state index in [-0.39, 0.29) is 12.4 Å². The van der Waals surface area contributed by atoms with Crippen molar-refractivity contribution in [2.75, 3.05) is 11.9 Å². The van der Waals surface area contributed by atoms with Crippen LogP contribution in [0.25, 0.3) is 10.8 Å². The Morgan fingerprint density at radius 2 is 2.05 bits per heavy atom. The van der Waals surface area contributed by atoms with Crippen molar-refractivity contribution < 1.29 is 9.53 Å². The standard InChI is InChI=1S/C15H14N2O2/c1-2-19-14(18)9-13-16-11-7-3-5-10-6-4-8-12(17-13)15(10)11/h3-8H,2,9H2,1H3,(H,16,17). The minimum atomic E-state index is -0.264. The summed E-state index contributed by atoms with van der Waals surface area (Å²) < 4.78 is 4.95. The zero-order valence-corrected chi connectivity index (χ0v) is 10.6. The van der Waals surface area contributed by atoms with E-state index in [1.165, 1.54) is 0 Å². The minimum absolute atomic E-state index is 0.165. The fourth-order valence-corrected chi connectivity index (χ4v) is 2.28. The van der Waals surface area contributed by atoms with Crippen molar-refractivity contribution >= 4 is 34.0 Å². The first-order valence-corrected chi connectivity index (χ1v) is 6.30. The Balaban J connectivity index is 1.98. The van der Waals surface area contributed by atoms with E-state index >= 15 is 0 Å². The lowest BCUT2D eigenvalue weighted by Crippen LogP contribution is -2.20. The van der Waals surface area contributed by atoms with Crippen molar-refractivity contribution in [3.8, 4) is 0 Å². The molecule has 19 heavy (non-hydrogen) atoms. The largest absolute Gasteiger partial charge is 0.466 e. The number of amidine groups is 1. The summed E-state index contributed by atoms with van der Waals surface area (Å²) in [7, 11) is 0. The Morgan fingerprint density at radius 1 is 1.26 bits per heavy atom. The summed E-state index contributed by atoms with van der Waals surface area (Å²) in [6.45, 7) is 2.18. The van der Waals surface area contributed by atoms with Gasteiger partial charge in [0, 0.05) is 11.1 Å². The van der Waals surface area contributed by atoms with E-state index in [2.05, 4.69) is 22.4 Å². The maximum absolute atomic E-state index is 11.5. The molecule has 0 saturated carbocycles. The van der Waals surface area contributed by atoms with Gasteiger partial charge in [-0.2, -0.15) is 0 Å². The van der Waals surface area contributed by atoms with Crippen LogP contribution in [0.2, 0.25) is 0 Å². The highest BCUT2D eigenvalue weighted by atomic mass is 16.5. The maximum Gasteiger partial charge on any atom is 0.313 e. The topological polar surface area (TPSA) is 50.7 Å². The molecule has 1 aliphatic heterocycles. The number of hydrogen-bond donors (Lipinski definition) is 1. The second kappa shape index (κ2) is 4.72. The van der Waals surface area contributed by atoms with Gasteiger partial charge in [0.2, 0.25) is 0 Å². The highest BCUT2D eigenvalue weighted by Gasteiger charge is 2.16. The highest BCUT2D eigenvalue weighted by Crippen LogP contribution is 2.35. The molecule has 1 heterocycles. The van der Waals surface area contributed by atoms with Gasteiger partial charge < -0.3 is 10.1 Å². The molecule has 0 bridgehead atoms. The van der Waals surface area contributed by atoms with Gasteiger partial charge in [0.15, 0.2) is 0 Å². The quantitative estimate of drug-likeness (QED) is 0.855. The van der Waals surface area contributed by atoms with Gasteiger partial charge >= 0.3 is 5.97 Å². The van der Waals surface area contributed by atoms with Crippen molar-refractivity contribution in [2.45, 2.75) is 13.3 Å². The van der Waals surface area contributed by atoms with E-state index < -0.39 is 0 Å². The zero-order valence-electron chi connectivity index (χ0n) is 10.6. The number of esters is 1. The number of ether oxygens (including phenoxy) is 1. The van der Waals surface area contributed by atoms with Crippen molar-refractivity contribution in [3.63, 3.8) is 0 Å². The van der Waals surface area contributed by atoms with Crippen LogP contribution in [0.1, 0.15) is 13.3 Å². The van der Waals surface area contributed by atoms with Gasteiger partial charge in [-0.05, 0) is 24.4 Å². The second-order valence-corrected chi connectivity index (χ2v) is 4.35. The number of rotatable bonds is 3. The smallest absolute Gasteiger partial charge is 0.313 e. The first-order chi connectivity index (χ1) is 9.28. The Kier molecular flexibility index (Phi) is 2.91. The predicted molar refractivity (Wildman–Crippen MR) is 75.9 cm³/mol. The van der Waals surface area contributed by atoms with Crippen molar-refractivity contribution in [1.82, 2.24) is 0 Å². The fourth-order valence-electron chi connectivity index (χ4n) is 2.28. The van der Waals surface area contributed by atoms with E-state index in [1.54, 1.807) is 6.92 Å². The molecule has 0 saturated heterocycles. The first-order valence-electron chi connectivity index (χ1n) is 6.30. The molecular weight excluding hydrogens is 240 g/mol. The van der Waals surface area contributed by atoms with Crippen LogP contribution in [0.3, 0.4) is 0 Å². The van der Waals surface area contributed by atoms with Gasteiger partial charge in [-0.15, -0.1) is 0 Å². The van der Waals surface area contributed by atoms with Gasteiger partial charge in [0.1, 0.15) is 12.3 Å². The summed E-state index contributed by atoms with van der Waals surface area (Å²) in [5.74, 6) is 0.366. The fraction of sp³-hybridized carbons (Fsp3) is 0.200. The molecule has 1 aliphatic rings. The van der Waals surface area contributed by atoms with Crippen molar-refractivity contribution in [2.24, 2.45) is 4.99 Å². The number of carbonyl (C=O) groups excluding carboxylic acids is 1. The SMILES string of the molecule is CCOC(=O)CC1=Nc2cccc3cccc(c23)N1. The normalized spacial score (nSPS) is 12.8. The number of aliphatic imine (C=N–C) groups is 1. The molecule has 2 aromatic carbocycles. The number of anilines is 1. The molecule has 4 nitrogen and oxygen atoms in total. The summed E-state index contributed by atoms with van der Waals surface area (Å²) in [4.78, 5) is 16.0. The number of hydrogen-bond acceptors (Lipinski definition) is 4. The molecule has 3 rings (SSSR count). The average molecular weight is 254 g/mol. The van der Waals surface area contributed by atoms with Crippen LogP contribution in [-0.2, 0) is 9.53 Å². The van der Waals surface area contributed by atoms with Gasteiger partial charge in [-0.25, -0.2) is 4.99 Å². The molecule has 0 aliphatic carbocycles. The van der Waals surface area contributed by atoms with Crippen LogP contribution < -0.4 is 5.32 Å². The maximum atomic E-state index is 11.5. The predicted octanol–water partition coefficient (Wildman–Crippen LogP) is 3.25. The van der Waals surface area contributed by atoms with Crippen LogP contribution in [0, 0.1) is 0 Å². The zero-order chi connectivity index (χ0) is 13.2. The Hall–Kier alpha value is -2.36. The second-order valence-electron chi connectivity index (χ2n) is 4.35. The third kappa shape index (κ3) is 2.17. The summed E-state index contributed by atoms with van der Waals surface area (Å²) in [5, 5.41) is 5.43. The van der Waals surface area contributed by atoms with Gasteiger partial charge in [-0.1, -0.05) is 24.3 Å². The lowest BCUT2D eigenvalue weighted by Gasteiger charge is -2.18. The molecule has 0 radical (unpaired) electrons. The molecule has 0 amide bonds. The van der Waals surface area contributed by atoms with Crippen molar-refractivity contribution in [1.29, 1.82) is 0 Å². The molecule has 0 atom stereocenters. The van der Waals surface area contributed by atoms with Gasteiger partial charge in [0.25, 0.3) is 0 Å². The number of carbonyl (C=O) groups is 1. The van der Waals surface area contributed by atoms with Crippen LogP contribution in [-0.4, -0.2) is 18.4 Å². The monoisotopic (exact) mass is 254 g/mol. The molecule has 0 fully saturated rings. The van der Waals surface area contributed by atoms with E-state index in [9.17, 15) is 4.79 Å². The summed E-state index contributed by atoms with van der Waals surface area (Å²) in [6.07, 6.45) is 0.165. The lowest BCUT2D eigenvalue weighted by atomic mass is 10.1. The van der Waals surface area contributed by atoms with E-state index in [0.29, 0.717) is 12.4 Å². The summed E-state index contributed by atoms with van der Waals surface area (Å²) in [6, 6.07) is 12.0. The van der Waals surface area contributed by atoms with Crippen LogP contribution >= 0.6 is 0 Å². The highest BCUT2D eigenvalue weighted by molar-refractivity contribution is 6.16.